The molecule has 21 heavy (non-hydrogen) atoms. The van der Waals surface area contributed by atoms with Gasteiger partial charge in [0.2, 0.25) is 0 Å². The van der Waals surface area contributed by atoms with Crippen molar-refractivity contribution in [2.75, 3.05) is 13.1 Å². The fourth-order valence-corrected chi connectivity index (χ4v) is 2.62. The third-order valence-electron chi connectivity index (χ3n) is 3.98. The first-order chi connectivity index (χ1) is 9.88. The average Bonchev–Trinajstić information content (AvgIpc) is 2.44. The van der Waals surface area contributed by atoms with E-state index in [1.54, 1.807) is 19.1 Å². The van der Waals surface area contributed by atoms with Crippen LogP contribution in [-0.2, 0) is 5.60 Å². The molecule has 0 aromatic heterocycles. The lowest BCUT2D eigenvalue weighted by atomic mass is 9.76. The minimum Gasteiger partial charge on any atom is -0.465 e. The largest absolute Gasteiger partial charge is 0.465 e. The molecule has 7 heteroatoms. The lowest BCUT2D eigenvalue weighted by Gasteiger charge is -2.42. The number of piperidine rings is 1. The summed E-state index contributed by atoms with van der Waals surface area (Å²) in [7, 11) is 0. The molecule has 0 aliphatic carbocycles. The van der Waals surface area contributed by atoms with E-state index >= 15 is 0 Å². The van der Waals surface area contributed by atoms with Crippen molar-refractivity contribution in [2.24, 2.45) is 11.1 Å². The SMILES string of the molecule is Cc1ccc(C2(O)CCN(C(=O)O)CC2C=NO)cc1F. The van der Waals surface area contributed by atoms with Crippen molar-refractivity contribution in [3.63, 3.8) is 0 Å². The zero-order valence-corrected chi connectivity index (χ0v) is 11.5. The van der Waals surface area contributed by atoms with Crippen molar-refractivity contribution in [3.05, 3.63) is 35.1 Å². The fraction of sp³-hybridized carbons (Fsp3) is 0.429. The van der Waals surface area contributed by atoms with Crippen LogP contribution in [0.5, 0.6) is 0 Å². The first kappa shape index (κ1) is 15.2. The quantitative estimate of drug-likeness (QED) is 0.440. The maximum Gasteiger partial charge on any atom is 0.407 e. The predicted octanol–water partition coefficient (Wildman–Crippen LogP) is 1.78. The summed E-state index contributed by atoms with van der Waals surface area (Å²) < 4.78 is 13.7. The Hall–Kier alpha value is -2.15. The summed E-state index contributed by atoms with van der Waals surface area (Å²) in [4.78, 5) is 12.2. The summed E-state index contributed by atoms with van der Waals surface area (Å²) in [6.07, 6.45) is 0.0780. The molecule has 1 aromatic rings. The molecule has 1 fully saturated rings. The number of rotatable bonds is 2. The summed E-state index contributed by atoms with van der Waals surface area (Å²) in [6.45, 7) is 1.71. The molecule has 3 N–H and O–H groups in total. The lowest BCUT2D eigenvalue weighted by molar-refractivity contribution is -0.0465. The van der Waals surface area contributed by atoms with Crippen LogP contribution in [-0.4, -0.2) is 45.7 Å². The Kier molecular flexibility index (Phi) is 4.13. The highest BCUT2D eigenvalue weighted by molar-refractivity contribution is 5.69. The molecule has 1 aliphatic rings. The Balaban J connectivity index is 2.38. The van der Waals surface area contributed by atoms with Crippen LogP contribution < -0.4 is 0 Å². The maximum absolute atomic E-state index is 13.7. The van der Waals surface area contributed by atoms with Gasteiger partial charge in [0.1, 0.15) is 11.4 Å². The zero-order valence-electron chi connectivity index (χ0n) is 11.5. The van der Waals surface area contributed by atoms with E-state index in [0.717, 1.165) is 11.1 Å². The van der Waals surface area contributed by atoms with Crippen molar-refractivity contribution >= 4 is 12.3 Å². The maximum atomic E-state index is 13.7. The third-order valence-corrected chi connectivity index (χ3v) is 3.98. The Bertz CT molecular complexity index is 578. The molecule has 1 aromatic carbocycles. The molecule has 1 saturated heterocycles. The molecule has 2 atom stereocenters. The van der Waals surface area contributed by atoms with Gasteiger partial charge in [-0.2, -0.15) is 0 Å². The van der Waals surface area contributed by atoms with Crippen LogP contribution in [0.3, 0.4) is 0 Å². The standard InChI is InChI=1S/C14H17FN2O4/c1-9-2-3-10(6-12(9)15)14(20)4-5-17(13(18)19)8-11(14)7-16-21/h2-3,6-7,11,20-21H,4-5,8H2,1H3,(H,18,19). The molecule has 0 bridgehead atoms. The van der Waals surface area contributed by atoms with Gasteiger partial charge in [0.15, 0.2) is 0 Å². The summed E-state index contributed by atoms with van der Waals surface area (Å²) in [6, 6.07) is 4.40. The highest BCUT2D eigenvalue weighted by Gasteiger charge is 2.43. The second-order valence-electron chi connectivity index (χ2n) is 5.24. The number of nitrogens with zero attached hydrogens (tertiary/aromatic N) is 2. The zero-order chi connectivity index (χ0) is 15.6. The van der Waals surface area contributed by atoms with E-state index < -0.39 is 23.4 Å². The van der Waals surface area contributed by atoms with Crippen LogP contribution in [0.2, 0.25) is 0 Å². The Labute approximate surface area is 121 Å². The molecule has 114 valence electrons. The van der Waals surface area contributed by atoms with Gasteiger partial charge in [0.25, 0.3) is 0 Å². The average molecular weight is 296 g/mol. The number of aryl methyl sites for hydroxylation is 1. The first-order valence-corrected chi connectivity index (χ1v) is 6.53. The number of oxime groups is 1. The minimum absolute atomic E-state index is 0.0224. The topological polar surface area (TPSA) is 93.4 Å². The monoisotopic (exact) mass is 296 g/mol. The van der Waals surface area contributed by atoms with E-state index in [9.17, 15) is 14.3 Å². The number of hydrogen-bond donors (Lipinski definition) is 3. The number of aliphatic hydroxyl groups is 1. The van der Waals surface area contributed by atoms with Gasteiger partial charge in [0, 0.05) is 19.0 Å². The number of amides is 1. The third kappa shape index (κ3) is 2.82. The van der Waals surface area contributed by atoms with Crippen molar-refractivity contribution < 1.29 is 24.6 Å². The van der Waals surface area contributed by atoms with Crippen LogP contribution in [0.1, 0.15) is 17.5 Å². The van der Waals surface area contributed by atoms with E-state index in [1.165, 1.54) is 6.07 Å². The van der Waals surface area contributed by atoms with Gasteiger partial charge in [-0.05, 0) is 30.5 Å². The van der Waals surface area contributed by atoms with Crippen LogP contribution in [0.4, 0.5) is 9.18 Å². The van der Waals surface area contributed by atoms with Gasteiger partial charge in [0.05, 0.1) is 6.21 Å². The highest BCUT2D eigenvalue weighted by Crippen LogP contribution is 2.37. The number of benzene rings is 1. The summed E-state index contributed by atoms with van der Waals surface area (Å²) in [5.41, 5.74) is -0.662. The van der Waals surface area contributed by atoms with Gasteiger partial charge < -0.3 is 20.3 Å². The van der Waals surface area contributed by atoms with Crippen LogP contribution in [0.15, 0.2) is 23.4 Å². The van der Waals surface area contributed by atoms with E-state index in [1.807, 2.05) is 0 Å². The molecule has 0 radical (unpaired) electrons. The fourth-order valence-electron chi connectivity index (χ4n) is 2.62. The van der Waals surface area contributed by atoms with Gasteiger partial charge in [-0.1, -0.05) is 12.1 Å². The van der Waals surface area contributed by atoms with Gasteiger partial charge in [-0.25, -0.2) is 9.18 Å². The molecule has 2 rings (SSSR count). The van der Waals surface area contributed by atoms with Crippen molar-refractivity contribution in [1.82, 2.24) is 4.90 Å². The molecular weight excluding hydrogens is 279 g/mol. The van der Waals surface area contributed by atoms with Crippen molar-refractivity contribution in [2.45, 2.75) is 18.9 Å². The van der Waals surface area contributed by atoms with Crippen LogP contribution in [0.25, 0.3) is 0 Å². The van der Waals surface area contributed by atoms with Crippen molar-refractivity contribution in [1.29, 1.82) is 0 Å². The Morgan fingerprint density at radius 2 is 2.29 bits per heavy atom. The molecule has 0 spiro atoms. The van der Waals surface area contributed by atoms with Gasteiger partial charge in [-0.15, -0.1) is 5.16 Å². The Morgan fingerprint density at radius 1 is 1.57 bits per heavy atom. The van der Waals surface area contributed by atoms with E-state index in [4.69, 9.17) is 10.3 Å². The summed E-state index contributed by atoms with van der Waals surface area (Å²) in [5.74, 6) is -1.20. The van der Waals surface area contributed by atoms with Crippen LogP contribution in [0, 0.1) is 18.7 Å². The highest BCUT2D eigenvalue weighted by atomic mass is 19.1. The molecule has 6 nitrogen and oxygen atoms in total. The number of hydrogen-bond acceptors (Lipinski definition) is 4. The second-order valence-corrected chi connectivity index (χ2v) is 5.24. The normalized spacial score (nSPS) is 26.2. The molecule has 1 heterocycles. The molecular formula is C14H17FN2O4. The summed E-state index contributed by atoms with van der Waals surface area (Å²) in [5, 5.41) is 31.5. The number of carbonyl (C=O) groups is 1. The molecule has 2 unspecified atom stereocenters. The first-order valence-electron chi connectivity index (χ1n) is 6.53. The van der Waals surface area contributed by atoms with Gasteiger partial charge in [-0.3, -0.25) is 0 Å². The molecule has 0 saturated carbocycles. The number of likely N-dealkylation sites (tertiary alicyclic amines) is 1. The predicted molar refractivity (Wildman–Crippen MR) is 73.0 cm³/mol. The number of halogens is 1. The van der Waals surface area contributed by atoms with Crippen LogP contribution >= 0.6 is 0 Å². The van der Waals surface area contributed by atoms with E-state index in [2.05, 4.69) is 5.16 Å². The van der Waals surface area contributed by atoms with E-state index in [0.29, 0.717) is 11.1 Å². The smallest absolute Gasteiger partial charge is 0.407 e. The van der Waals surface area contributed by atoms with E-state index in [-0.39, 0.29) is 19.5 Å². The lowest BCUT2D eigenvalue weighted by Crippen LogP contribution is -2.52. The van der Waals surface area contributed by atoms with Gasteiger partial charge >= 0.3 is 6.09 Å². The summed E-state index contributed by atoms with van der Waals surface area (Å²) >= 11 is 0. The van der Waals surface area contributed by atoms with Crippen molar-refractivity contribution in [3.8, 4) is 0 Å². The Morgan fingerprint density at radius 3 is 2.86 bits per heavy atom. The molecule has 1 amide bonds. The number of carboxylic acid groups (broad SMARTS) is 1. The minimum atomic E-state index is -1.47. The molecule has 1 aliphatic heterocycles. The second kappa shape index (κ2) is 5.69.